The fraction of sp³-hybridized carbons (Fsp3) is 0.136. The van der Waals surface area contributed by atoms with E-state index in [4.69, 9.17) is 9.84 Å². The lowest BCUT2D eigenvalue weighted by molar-refractivity contribution is -0.0212. The Balaban J connectivity index is 1.61. The van der Waals surface area contributed by atoms with Crippen LogP contribution in [-0.4, -0.2) is 10.7 Å². The number of para-hydroxylation sites is 1. The van der Waals surface area contributed by atoms with Crippen LogP contribution in [0.3, 0.4) is 0 Å². The third-order valence-electron chi connectivity index (χ3n) is 5.05. The number of halogens is 2. The van der Waals surface area contributed by atoms with Gasteiger partial charge in [-0.3, -0.25) is 0 Å². The van der Waals surface area contributed by atoms with Crippen LogP contribution < -0.4 is 4.74 Å². The minimum Gasteiger partial charge on any atom is -0.464 e. The molecule has 0 radical (unpaired) electrons. The van der Waals surface area contributed by atoms with Crippen LogP contribution in [0.2, 0.25) is 0 Å². The van der Waals surface area contributed by atoms with Crippen molar-refractivity contribution in [1.29, 1.82) is 0 Å². The third kappa shape index (κ3) is 2.82. The van der Waals surface area contributed by atoms with Gasteiger partial charge >= 0.3 is 0 Å². The van der Waals surface area contributed by atoms with Gasteiger partial charge in [0.25, 0.3) is 0 Å². The smallest absolute Gasteiger partial charge is 0.216 e. The molecule has 2 aliphatic rings. The molecule has 0 amide bonds. The quantitative estimate of drug-likeness (QED) is 0.518. The summed E-state index contributed by atoms with van der Waals surface area (Å²) in [4.78, 5) is 0. The van der Waals surface area contributed by atoms with Crippen LogP contribution in [0.1, 0.15) is 35.4 Å². The van der Waals surface area contributed by atoms with Gasteiger partial charge in [-0.2, -0.15) is 5.10 Å². The summed E-state index contributed by atoms with van der Waals surface area (Å²) in [7, 11) is 0. The van der Waals surface area contributed by atoms with Gasteiger partial charge in [0.2, 0.25) is 6.23 Å². The van der Waals surface area contributed by atoms with E-state index in [2.05, 4.69) is 22.0 Å². The molecule has 0 spiro atoms. The van der Waals surface area contributed by atoms with Crippen LogP contribution in [0.25, 0.3) is 0 Å². The molecule has 0 saturated heterocycles. The molecule has 0 unspecified atom stereocenters. The molecule has 0 aromatic heterocycles. The third-order valence-corrected chi connectivity index (χ3v) is 5.58. The minimum absolute atomic E-state index is 0.0261. The second-order valence-electron chi connectivity index (χ2n) is 6.68. The van der Waals surface area contributed by atoms with Crippen LogP contribution in [0, 0.1) is 5.82 Å². The zero-order valence-electron chi connectivity index (χ0n) is 14.3. The number of hydrogen-bond donors (Lipinski definition) is 0. The fourth-order valence-corrected chi connectivity index (χ4v) is 4.00. The number of hydrazone groups is 1. The van der Waals surface area contributed by atoms with Gasteiger partial charge in [0.05, 0.1) is 17.3 Å². The van der Waals surface area contributed by atoms with Crippen molar-refractivity contribution in [2.45, 2.75) is 18.7 Å². The molecule has 0 aliphatic carbocycles. The first-order valence-electron chi connectivity index (χ1n) is 8.82. The Kier molecular flexibility index (Phi) is 3.97. The summed E-state index contributed by atoms with van der Waals surface area (Å²) >= 11 is 3.47. The number of ether oxygens (including phenoxy) is 1. The maximum absolute atomic E-state index is 14.5. The van der Waals surface area contributed by atoms with Crippen molar-refractivity contribution >= 4 is 21.6 Å². The molecule has 2 atom stereocenters. The van der Waals surface area contributed by atoms with Crippen LogP contribution in [0.15, 0.2) is 82.4 Å². The van der Waals surface area contributed by atoms with Crippen molar-refractivity contribution in [2.75, 3.05) is 0 Å². The van der Waals surface area contributed by atoms with Crippen LogP contribution in [0.5, 0.6) is 5.75 Å². The SMILES string of the molecule is Fc1ccccc1[C@H]1Oc2ccccc2[C@@H]2CC(c3ccc(Br)cc3)=NN12. The minimum atomic E-state index is -0.584. The molecule has 3 nitrogen and oxygen atoms in total. The first-order valence-corrected chi connectivity index (χ1v) is 9.62. The molecule has 0 bridgehead atoms. The molecule has 27 heavy (non-hydrogen) atoms. The lowest BCUT2D eigenvalue weighted by Gasteiger charge is -2.38. The summed E-state index contributed by atoms with van der Waals surface area (Å²) in [5, 5.41) is 6.75. The second kappa shape index (κ2) is 6.50. The Bertz CT molecular complexity index is 1030. The first kappa shape index (κ1) is 16.5. The summed E-state index contributed by atoms with van der Waals surface area (Å²) in [6, 6.07) is 22.8. The summed E-state index contributed by atoms with van der Waals surface area (Å²) in [6.45, 7) is 0. The average Bonchev–Trinajstić information content (AvgIpc) is 3.14. The Morgan fingerprint density at radius 1 is 0.926 bits per heavy atom. The molecule has 0 fully saturated rings. The molecular formula is C22H16BrFN2O. The topological polar surface area (TPSA) is 24.8 Å². The highest BCUT2D eigenvalue weighted by Crippen LogP contribution is 2.47. The van der Waals surface area contributed by atoms with Crippen molar-refractivity contribution in [3.63, 3.8) is 0 Å². The highest BCUT2D eigenvalue weighted by atomic mass is 79.9. The maximum atomic E-state index is 14.5. The number of hydrogen-bond acceptors (Lipinski definition) is 3. The van der Waals surface area contributed by atoms with Crippen molar-refractivity contribution in [2.24, 2.45) is 5.10 Å². The summed E-state index contributed by atoms with van der Waals surface area (Å²) < 4.78 is 21.7. The standard InChI is InChI=1S/C22H16BrFN2O/c23-15-11-9-14(10-12-15)19-13-20-17-6-2-4-8-21(17)27-22(26(20)25-19)16-5-1-3-7-18(16)24/h1-12,20,22H,13H2/t20-,22+/m0/s1. The van der Waals surface area contributed by atoms with Crippen molar-refractivity contribution < 1.29 is 9.13 Å². The Hall–Kier alpha value is -2.66. The molecule has 3 aromatic carbocycles. The molecule has 2 heterocycles. The number of rotatable bonds is 2. The van der Waals surface area contributed by atoms with Gasteiger partial charge in [-0.1, -0.05) is 64.5 Å². The number of nitrogens with zero attached hydrogens (tertiary/aromatic N) is 2. The second-order valence-corrected chi connectivity index (χ2v) is 7.60. The van der Waals surface area contributed by atoms with E-state index in [1.54, 1.807) is 12.1 Å². The van der Waals surface area contributed by atoms with E-state index in [1.807, 2.05) is 53.5 Å². The molecular weight excluding hydrogens is 407 g/mol. The zero-order chi connectivity index (χ0) is 18.4. The van der Waals surface area contributed by atoms with Crippen LogP contribution in [0.4, 0.5) is 4.39 Å². The lowest BCUT2D eigenvalue weighted by atomic mass is 9.96. The fourth-order valence-electron chi connectivity index (χ4n) is 3.73. The molecule has 3 aromatic rings. The monoisotopic (exact) mass is 422 g/mol. The zero-order valence-corrected chi connectivity index (χ0v) is 15.9. The van der Waals surface area contributed by atoms with Crippen molar-refractivity contribution in [3.8, 4) is 5.75 Å². The molecule has 0 N–H and O–H groups in total. The largest absolute Gasteiger partial charge is 0.464 e. The number of benzene rings is 3. The van der Waals surface area contributed by atoms with Gasteiger partial charge in [0, 0.05) is 16.5 Å². The normalized spacial score (nSPS) is 20.5. The summed E-state index contributed by atoms with van der Waals surface area (Å²) in [5.74, 6) is 0.507. The molecule has 0 saturated carbocycles. The van der Waals surface area contributed by atoms with Crippen LogP contribution >= 0.6 is 15.9 Å². The van der Waals surface area contributed by atoms with E-state index in [0.717, 1.165) is 33.5 Å². The predicted octanol–water partition coefficient (Wildman–Crippen LogP) is 5.83. The van der Waals surface area contributed by atoms with E-state index in [9.17, 15) is 4.39 Å². The Labute approximate surface area is 165 Å². The lowest BCUT2D eigenvalue weighted by Crippen LogP contribution is -2.34. The van der Waals surface area contributed by atoms with E-state index in [1.165, 1.54) is 6.07 Å². The summed E-state index contributed by atoms with van der Waals surface area (Å²) in [6.07, 6.45) is 0.173. The number of fused-ring (bicyclic) bond motifs is 3. The molecule has 134 valence electrons. The predicted molar refractivity (Wildman–Crippen MR) is 106 cm³/mol. The highest BCUT2D eigenvalue weighted by Gasteiger charge is 2.41. The maximum Gasteiger partial charge on any atom is 0.216 e. The Morgan fingerprint density at radius 2 is 1.63 bits per heavy atom. The molecule has 5 rings (SSSR count). The Morgan fingerprint density at radius 3 is 2.41 bits per heavy atom. The van der Waals surface area contributed by atoms with Gasteiger partial charge < -0.3 is 4.74 Å². The van der Waals surface area contributed by atoms with Gasteiger partial charge in [-0.25, -0.2) is 9.40 Å². The molecule has 2 aliphatic heterocycles. The van der Waals surface area contributed by atoms with Crippen LogP contribution in [-0.2, 0) is 0 Å². The summed E-state index contributed by atoms with van der Waals surface area (Å²) in [5.41, 5.74) is 3.63. The van der Waals surface area contributed by atoms with Gasteiger partial charge in [-0.05, 0) is 29.8 Å². The highest BCUT2D eigenvalue weighted by molar-refractivity contribution is 9.10. The van der Waals surface area contributed by atoms with Crippen molar-refractivity contribution in [1.82, 2.24) is 5.01 Å². The van der Waals surface area contributed by atoms with E-state index in [0.29, 0.717) is 5.56 Å². The van der Waals surface area contributed by atoms with E-state index < -0.39 is 6.23 Å². The van der Waals surface area contributed by atoms with E-state index >= 15 is 0 Å². The van der Waals surface area contributed by atoms with E-state index in [-0.39, 0.29) is 11.9 Å². The van der Waals surface area contributed by atoms with Gasteiger partial charge in [0.15, 0.2) is 0 Å². The molecule has 5 heteroatoms. The van der Waals surface area contributed by atoms with Gasteiger partial charge in [0.1, 0.15) is 11.6 Å². The first-order chi connectivity index (χ1) is 13.2. The van der Waals surface area contributed by atoms with Crippen molar-refractivity contribution in [3.05, 3.63) is 99.8 Å². The van der Waals surface area contributed by atoms with Gasteiger partial charge in [-0.15, -0.1) is 0 Å². The average molecular weight is 423 g/mol.